The van der Waals surface area contributed by atoms with E-state index >= 15 is 0 Å². The molecule has 0 spiro atoms. The highest BCUT2D eigenvalue weighted by atomic mass is 16.5. The van der Waals surface area contributed by atoms with Crippen molar-refractivity contribution < 1.29 is 9.53 Å². The molecule has 0 radical (unpaired) electrons. The van der Waals surface area contributed by atoms with Crippen LogP contribution < -0.4 is 5.73 Å². The largest absolute Gasteiger partial charge is 0.453 e. The van der Waals surface area contributed by atoms with Crippen LogP contribution in [0, 0.1) is 5.41 Å². The second kappa shape index (κ2) is 4.80. The minimum Gasteiger partial charge on any atom is -0.453 e. The number of ether oxygens (including phenoxy) is 1. The Bertz CT molecular complexity index is 223. The second-order valence-corrected chi connectivity index (χ2v) is 3.26. The number of carbonyl (C=O) groups is 1. The Morgan fingerprint density at radius 2 is 2.00 bits per heavy atom. The van der Waals surface area contributed by atoms with Crippen LogP contribution >= 0.6 is 0 Å². The molecule has 0 aromatic rings. The quantitative estimate of drug-likeness (QED) is 0.456. The maximum atomic E-state index is 11.1. The van der Waals surface area contributed by atoms with Crippen molar-refractivity contribution in [3.63, 3.8) is 0 Å². The van der Waals surface area contributed by atoms with Gasteiger partial charge in [0.05, 0.1) is 13.7 Å². The SMILES string of the molecule is COC(=O)N1CCN(CC(=N)N)CC1. The van der Waals surface area contributed by atoms with Gasteiger partial charge in [0.15, 0.2) is 0 Å². The first-order valence-electron chi connectivity index (χ1n) is 4.51. The highest BCUT2D eigenvalue weighted by Crippen LogP contribution is 2.02. The Kier molecular flexibility index (Phi) is 3.70. The molecule has 0 aromatic carbocycles. The van der Waals surface area contributed by atoms with Gasteiger partial charge in [0.25, 0.3) is 0 Å². The van der Waals surface area contributed by atoms with E-state index in [-0.39, 0.29) is 11.9 Å². The maximum Gasteiger partial charge on any atom is 0.409 e. The van der Waals surface area contributed by atoms with Gasteiger partial charge < -0.3 is 15.4 Å². The lowest BCUT2D eigenvalue weighted by Gasteiger charge is -2.33. The third-order valence-electron chi connectivity index (χ3n) is 2.20. The first-order chi connectivity index (χ1) is 6.63. The molecule has 0 saturated carbocycles. The van der Waals surface area contributed by atoms with Crippen LogP contribution in [0.4, 0.5) is 4.79 Å². The zero-order chi connectivity index (χ0) is 10.6. The van der Waals surface area contributed by atoms with Gasteiger partial charge in [0.2, 0.25) is 0 Å². The summed E-state index contributed by atoms with van der Waals surface area (Å²) in [6.07, 6.45) is -0.285. The zero-order valence-corrected chi connectivity index (χ0v) is 8.32. The topological polar surface area (TPSA) is 82.7 Å². The summed E-state index contributed by atoms with van der Waals surface area (Å²) in [5.41, 5.74) is 5.28. The summed E-state index contributed by atoms with van der Waals surface area (Å²) < 4.78 is 4.61. The van der Waals surface area contributed by atoms with Gasteiger partial charge in [-0.3, -0.25) is 10.3 Å². The number of nitrogens with zero attached hydrogens (tertiary/aromatic N) is 2. The summed E-state index contributed by atoms with van der Waals surface area (Å²) in [6, 6.07) is 0. The van der Waals surface area contributed by atoms with Gasteiger partial charge in [0, 0.05) is 26.2 Å². The fourth-order valence-corrected chi connectivity index (χ4v) is 1.46. The molecule has 1 saturated heterocycles. The summed E-state index contributed by atoms with van der Waals surface area (Å²) in [6.45, 7) is 3.25. The number of nitrogens with two attached hydrogens (primary N) is 1. The Morgan fingerprint density at radius 3 is 2.43 bits per heavy atom. The molecule has 0 aromatic heterocycles. The summed E-state index contributed by atoms with van der Waals surface area (Å²) in [4.78, 5) is 14.8. The number of hydrogen-bond acceptors (Lipinski definition) is 4. The number of carbonyl (C=O) groups excluding carboxylic acids is 1. The van der Waals surface area contributed by atoms with Crippen molar-refractivity contribution in [2.75, 3.05) is 39.8 Å². The molecule has 3 N–H and O–H groups in total. The van der Waals surface area contributed by atoms with Gasteiger partial charge in [-0.05, 0) is 0 Å². The smallest absolute Gasteiger partial charge is 0.409 e. The molecule has 1 amide bonds. The summed E-state index contributed by atoms with van der Waals surface area (Å²) in [5.74, 6) is 0.163. The lowest BCUT2D eigenvalue weighted by atomic mass is 10.3. The summed E-state index contributed by atoms with van der Waals surface area (Å²) in [7, 11) is 1.38. The van der Waals surface area contributed by atoms with E-state index in [0.717, 1.165) is 13.1 Å². The molecule has 80 valence electrons. The van der Waals surface area contributed by atoms with E-state index in [1.54, 1.807) is 4.90 Å². The van der Waals surface area contributed by atoms with Gasteiger partial charge in [-0.25, -0.2) is 4.79 Å². The van der Waals surface area contributed by atoms with Crippen molar-refractivity contribution in [1.29, 1.82) is 5.41 Å². The lowest BCUT2D eigenvalue weighted by molar-refractivity contribution is 0.0955. The lowest BCUT2D eigenvalue weighted by Crippen LogP contribution is -2.50. The van der Waals surface area contributed by atoms with Crippen molar-refractivity contribution in [2.24, 2.45) is 5.73 Å². The molecule has 1 rings (SSSR count). The monoisotopic (exact) mass is 200 g/mol. The van der Waals surface area contributed by atoms with Crippen LogP contribution in [0.3, 0.4) is 0 Å². The minimum absolute atomic E-state index is 0.163. The van der Waals surface area contributed by atoms with E-state index in [4.69, 9.17) is 11.1 Å². The Morgan fingerprint density at radius 1 is 1.43 bits per heavy atom. The van der Waals surface area contributed by atoms with E-state index in [9.17, 15) is 4.79 Å². The van der Waals surface area contributed by atoms with E-state index < -0.39 is 0 Å². The molecule has 14 heavy (non-hydrogen) atoms. The fraction of sp³-hybridized carbons (Fsp3) is 0.750. The Hall–Kier alpha value is -1.30. The highest BCUT2D eigenvalue weighted by molar-refractivity contribution is 5.79. The number of methoxy groups -OCH3 is 1. The van der Waals surface area contributed by atoms with Gasteiger partial charge in [-0.15, -0.1) is 0 Å². The molecule has 0 unspecified atom stereocenters. The maximum absolute atomic E-state index is 11.1. The Labute approximate surface area is 83.1 Å². The third-order valence-corrected chi connectivity index (χ3v) is 2.20. The van der Waals surface area contributed by atoms with E-state index in [1.807, 2.05) is 4.90 Å². The summed E-state index contributed by atoms with van der Waals surface area (Å²) in [5, 5.41) is 7.13. The minimum atomic E-state index is -0.285. The van der Waals surface area contributed by atoms with Gasteiger partial charge in [-0.1, -0.05) is 0 Å². The van der Waals surface area contributed by atoms with Gasteiger partial charge in [0.1, 0.15) is 5.84 Å². The molecule has 0 atom stereocenters. The number of amidine groups is 1. The molecule has 1 heterocycles. The first-order valence-corrected chi connectivity index (χ1v) is 4.51. The molecule has 0 aliphatic carbocycles. The van der Waals surface area contributed by atoms with Crippen LogP contribution in [0.1, 0.15) is 0 Å². The van der Waals surface area contributed by atoms with Crippen LogP contribution in [0.5, 0.6) is 0 Å². The van der Waals surface area contributed by atoms with Crippen LogP contribution in [-0.2, 0) is 4.74 Å². The van der Waals surface area contributed by atoms with Crippen LogP contribution in [-0.4, -0.2) is 61.6 Å². The predicted octanol–water partition coefficient (Wildman–Crippen LogP) is -0.694. The van der Waals surface area contributed by atoms with Crippen LogP contribution in [0.2, 0.25) is 0 Å². The molecule has 1 aliphatic rings. The summed E-state index contributed by atoms with van der Waals surface area (Å²) >= 11 is 0. The molecular weight excluding hydrogens is 184 g/mol. The average molecular weight is 200 g/mol. The second-order valence-electron chi connectivity index (χ2n) is 3.26. The van der Waals surface area contributed by atoms with Crippen LogP contribution in [0.25, 0.3) is 0 Å². The van der Waals surface area contributed by atoms with Crippen molar-refractivity contribution in [2.45, 2.75) is 0 Å². The number of piperazine rings is 1. The van der Waals surface area contributed by atoms with Crippen LogP contribution in [0.15, 0.2) is 0 Å². The Balaban J connectivity index is 2.31. The molecule has 1 aliphatic heterocycles. The average Bonchev–Trinajstić information content (AvgIpc) is 2.17. The van der Waals surface area contributed by atoms with Crippen molar-refractivity contribution >= 4 is 11.9 Å². The third kappa shape index (κ3) is 2.88. The van der Waals surface area contributed by atoms with E-state index in [2.05, 4.69) is 4.74 Å². The fourth-order valence-electron chi connectivity index (χ4n) is 1.46. The highest BCUT2D eigenvalue weighted by Gasteiger charge is 2.21. The number of hydrogen-bond donors (Lipinski definition) is 2. The van der Waals surface area contributed by atoms with Gasteiger partial charge >= 0.3 is 6.09 Å². The molecular formula is C8H16N4O2. The normalized spacial score (nSPS) is 17.9. The zero-order valence-electron chi connectivity index (χ0n) is 8.32. The number of nitrogens with one attached hydrogen (secondary N) is 1. The first kappa shape index (κ1) is 10.8. The molecule has 0 bridgehead atoms. The molecule has 6 heteroatoms. The molecule has 6 nitrogen and oxygen atoms in total. The predicted molar refractivity (Wildman–Crippen MR) is 52.3 cm³/mol. The number of amides is 1. The van der Waals surface area contributed by atoms with E-state index in [0.29, 0.717) is 19.6 Å². The van der Waals surface area contributed by atoms with Crippen molar-refractivity contribution in [3.8, 4) is 0 Å². The van der Waals surface area contributed by atoms with Crippen molar-refractivity contribution in [3.05, 3.63) is 0 Å². The van der Waals surface area contributed by atoms with Gasteiger partial charge in [-0.2, -0.15) is 0 Å². The molecule has 1 fully saturated rings. The van der Waals surface area contributed by atoms with E-state index in [1.165, 1.54) is 7.11 Å². The standard InChI is InChI=1S/C8H16N4O2/c1-14-8(13)12-4-2-11(3-5-12)6-7(9)10/h2-6H2,1H3,(H3,9,10). The number of rotatable bonds is 2. The van der Waals surface area contributed by atoms with Crippen molar-refractivity contribution in [1.82, 2.24) is 9.80 Å².